The fourth-order valence-electron chi connectivity index (χ4n) is 4.59. The number of amides is 3. The minimum absolute atomic E-state index is 0.214. The van der Waals surface area contributed by atoms with Crippen LogP contribution in [0.25, 0.3) is 11.3 Å². The lowest BCUT2D eigenvalue weighted by Crippen LogP contribution is -2.54. The molecule has 3 aromatic rings. The molecule has 1 unspecified atom stereocenters. The molecular formula is C25H22FN3O4. The van der Waals surface area contributed by atoms with Crippen LogP contribution in [-0.4, -0.2) is 45.3 Å². The van der Waals surface area contributed by atoms with Crippen molar-refractivity contribution >= 4 is 17.7 Å². The fraction of sp³-hybridized carbons (Fsp3) is 0.280. The van der Waals surface area contributed by atoms with Crippen molar-refractivity contribution in [2.75, 3.05) is 6.54 Å². The van der Waals surface area contributed by atoms with Crippen molar-refractivity contribution in [1.29, 1.82) is 0 Å². The Kier molecular flexibility index (Phi) is 5.08. The first-order valence-electron chi connectivity index (χ1n) is 10.9. The number of nitrogens with zero attached hydrogens (tertiary/aromatic N) is 3. The molecular weight excluding hydrogens is 425 g/mol. The summed E-state index contributed by atoms with van der Waals surface area (Å²) < 4.78 is 18.8. The van der Waals surface area contributed by atoms with Crippen LogP contribution < -0.4 is 0 Å². The molecule has 1 atom stereocenters. The van der Waals surface area contributed by atoms with Crippen LogP contribution in [0.2, 0.25) is 0 Å². The van der Waals surface area contributed by atoms with Crippen LogP contribution in [0.3, 0.4) is 0 Å². The van der Waals surface area contributed by atoms with Gasteiger partial charge in [-0.2, -0.15) is 0 Å². The second-order valence-corrected chi connectivity index (χ2v) is 8.67. The molecule has 2 aliphatic heterocycles. The number of imide groups is 1. The Labute approximate surface area is 189 Å². The van der Waals surface area contributed by atoms with Gasteiger partial charge in [0.25, 0.3) is 11.8 Å². The van der Waals surface area contributed by atoms with Gasteiger partial charge in [0, 0.05) is 17.7 Å². The number of carbonyl (C=O) groups excluding carboxylic acids is 3. The zero-order valence-corrected chi connectivity index (χ0v) is 18.2. The van der Waals surface area contributed by atoms with Crippen molar-refractivity contribution in [1.82, 2.24) is 15.0 Å². The molecule has 0 radical (unpaired) electrons. The number of halogens is 1. The minimum atomic E-state index is -0.914. The van der Waals surface area contributed by atoms with E-state index >= 15 is 0 Å². The van der Waals surface area contributed by atoms with Crippen LogP contribution in [0, 0.1) is 11.7 Å². The molecule has 0 aliphatic carbocycles. The van der Waals surface area contributed by atoms with Gasteiger partial charge in [0.2, 0.25) is 5.91 Å². The predicted molar refractivity (Wildman–Crippen MR) is 117 cm³/mol. The van der Waals surface area contributed by atoms with Gasteiger partial charge in [0.15, 0.2) is 5.76 Å². The molecule has 168 valence electrons. The Morgan fingerprint density at radius 2 is 1.67 bits per heavy atom. The highest BCUT2D eigenvalue weighted by Crippen LogP contribution is 2.32. The van der Waals surface area contributed by atoms with Crippen LogP contribution in [0.4, 0.5) is 4.39 Å². The lowest BCUT2D eigenvalue weighted by Gasteiger charge is -2.35. The molecule has 0 bridgehead atoms. The van der Waals surface area contributed by atoms with Gasteiger partial charge < -0.3 is 9.42 Å². The Morgan fingerprint density at radius 1 is 1.03 bits per heavy atom. The number of benzene rings is 2. The minimum Gasteiger partial charge on any atom is -0.356 e. The zero-order chi connectivity index (χ0) is 23.3. The lowest BCUT2D eigenvalue weighted by molar-refractivity contribution is -0.137. The van der Waals surface area contributed by atoms with E-state index in [4.69, 9.17) is 4.52 Å². The van der Waals surface area contributed by atoms with E-state index in [2.05, 4.69) is 5.16 Å². The summed E-state index contributed by atoms with van der Waals surface area (Å²) in [5.74, 6) is -1.22. The van der Waals surface area contributed by atoms with Gasteiger partial charge in [-0.25, -0.2) is 4.39 Å². The Hall–Kier alpha value is -3.81. The van der Waals surface area contributed by atoms with E-state index in [1.54, 1.807) is 41.3 Å². The van der Waals surface area contributed by atoms with Crippen molar-refractivity contribution in [3.8, 4) is 11.3 Å². The van der Waals surface area contributed by atoms with E-state index in [9.17, 15) is 18.8 Å². The summed E-state index contributed by atoms with van der Waals surface area (Å²) in [6.07, 6.45) is 0.504. The summed E-state index contributed by atoms with van der Waals surface area (Å²) in [6, 6.07) is 11.7. The molecule has 3 heterocycles. The first-order chi connectivity index (χ1) is 15.9. The second-order valence-electron chi connectivity index (χ2n) is 8.67. The molecule has 2 aliphatic rings. The third-order valence-corrected chi connectivity index (χ3v) is 6.25. The van der Waals surface area contributed by atoms with E-state index in [1.165, 1.54) is 12.1 Å². The summed E-state index contributed by atoms with van der Waals surface area (Å²) >= 11 is 0. The monoisotopic (exact) mass is 447 g/mol. The van der Waals surface area contributed by atoms with Crippen molar-refractivity contribution in [3.05, 3.63) is 76.7 Å². The van der Waals surface area contributed by atoms with Gasteiger partial charge >= 0.3 is 0 Å². The van der Waals surface area contributed by atoms with Gasteiger partial charge in [-0.3, -0.25) is 19.3 Å². The Morgan fingerprint density at radius 3 is 2.27 bits per heavy atom. The highest BCUT2D eigenvalue weighted by atomic mass is 19.1. The molecule has 0 fully saturated rings. The Bertz CT molecular complexity index is 1230. The van der Waals surface area contributed by atoms with E-state index in [1.807, 2.05) is 13.8 Å². The molecule has 33 heavy (non-hydrogen) atoms. The summed E-state index contributed by atoms with van der Waals surface area (Å²) in [5, 5.41) is 4.14. The molecule has 0 saturated heterocycles. The van der Waals surface area contributed by atoms with Crippen LogP contribution >= 0.6 is 0 Å². The zero-order valence-electron chi connectivity index (χ0n) is 18.2. The highest BCUT2D eigenvalue weighted by molar-refractivity contribution is 6.22. The molecule has 7 nitrogen and oxygen atoms in total. The smallest absolute Gasteiger partial charge is 0.262 e. The number of fused-ring (bicyclic) bond motifs is 2. The number of hydrogen-bond acceptors (Lipinski definition) is 5. The standard InChI is InChI=1S/C25H22FN3O4/c1-14(2)21(29-23(30)17-5-3-4-6-18(17)24(29)31)25(32)28-12-11-19-20(13-28)27-33-22(19)15-7-9-16(26)10-8-15/h3-10,14,21H,11-13H2,1-2H3. The number of carbonyl (C=O) groups is 3. The third kappa shape index (κ3) is 3.42. The summed E-state index contributed by atoms with van der Waals surface area (Å²) in [4.78, 5) is 42.3. The summed E-state index contributed by atoms with van der Waals surface area (Å²) in [7, 11) is 0. The van der Waals surface area contributed by atoms with Crippen LogP contribution in [0.1, 0.15) is 45.8 Å². The van der Waals surface area contributed by atoms with Crippen molar-refractivity contribution < 1.29 is 23.3 Å². The van der Waals surface area contributed by atoms with E-state index < -0.39 is 17.9 Å². The lowest BCUT2D eigenvalue weighted by atomic mass is 9.97. The van der Waals surface area contributed by atoms with Gasteiger partial charge in [0.05, 0.1) is 17.7 Å². The van der Waals surface area contributed by atoms with Crippen molar-refractivity contribution in [3.63, 3.8) is 0 Å². The van der Waals surface area contributed by atoms with Gasteiger partial charge in [-0.15, -0.1) is 0 Å². The SMILES string of the molecule is CC(C)C(C(=O)N1CCc2c(noc2-c2ccc(F)cc2)C1)N1C(=O)c2ccccc2C1=O. The predicted octanol–water partition coefficient (Wildman–Crippen LogP) is 3.69. The maximum absolute atomic E-state index is 13.6. The molecule has 3 amide bonds. The largest absolute Gasteiger partial charge is 0.356 e. The van der Waals surface area contributed by atoms with Crippen molar-refractivity contribution in [2.24, 2.45) is 5.92 Å². The summed E-state index contributed by atoms with van der Waals surface area (Å²) in [6.45, 7) is 4.26. The molecule has 0 spiro atoms. The van der Waals surface area contributed by atoms with E-state index in [0.717, 1.165) is 16.0 Å². The van der Waals surface area contributed by atoms with Crippen LogP contribution in [0.15, 0.2) is 53.1 Å². The first-order valence-corrected chi connectivity index (χ1v) is 10.9. The van der Waals surface area contributed by atoms with Crippen LogP contribution in [-0.2, 0) is 17.8 Å². The molecule has 5 rings (SSSR count). The van der Waals surface area contributed by atoms with Crippen molar-refractivity contribution in [2.45, 2.75) is 32.9 Å². The number of aromatic nitrogens is 1. The molecule has 0 saturated carbocycles. The normalized spacial score (nSPS) is 16.2. The van der Waals surface area contributed by atoms with Gasteiger partial charge in [-0.1, -0.05) is 31.1 Å². The topological polar surface area (TPSA) is 83.7 Å². The molecule has 0 N–H and O–H groups in total. The maximum Gasteiger partial charge on any atom is 0.262 e. The molecule has 2 aromatic carbocycles. The number of rotatable bonds is 4. The second kappa shape index (κ2) is 7.95. The number of hydrogen-bond donors (Lipinski definition) is 0. The third-order valence-electron chi connectivity index (χ3n) is 6.25. The van der Waals surface area contributed by atoms with Gasteiger partial charge in [-0.05, 0) is 48.7 Å². The molecule has 8 heteroatoms. The highest BCUT2D eigenvalue weighted by Gasteiger charge is 2.45. The quantitative estimate of drug-likeness (QED) is 0.570. The summed E-state index contributed by atoms with van der Waals surface area (Å²) in [5.41, 5.74) is 2.87. The Balaban J connectivity index is 1.40. The van der Waals surface area contributed by atoms with E-state index in [-0.39, 0.29) is 24.2 Å². The molecule has 1 aromatic heterocycles. The van der Waals surface area contributed by atoms with Gasteiger partial charge in [0.1, 0.15) is 17.6 Å². The van der Waals surface area contributed by atoms with E-state index in [0.29, 0.717) is 35.5 Å². The average Bonchev–Trinajstić information content (AvgIpc) is 3.34. The average molecular weight is 447 g/mol. The first kappa shape index (κ1) is 21.1. The van der Waals surface area contributed by atoms with Crippen LogP contribution in [0.5, 0.6) is 0 Å². The maximum atomic E-state index is 13.6. The fourth-order valence-corrected chi connectivity index (χ4v) is 4.59.